The van der Waals surface area contributed by atoms with E-state index in [1.165, 1.54) is 0 Å². The molecule has 0 radical (unpaired) electrons. The van der Waals surface area contributed by atoms with Crippen molar-refractivity contribution in [1.82, 2.24) is 4.98 Å². The third-order valence-electron chi connectivity index (χ3n) is 1.76. The number of para-hydroxylation sites is 1. The Labute approximate surface area is 97.4 Å². The average molecular weight is 240 g/mol. The highest BCUT2D eigenvalue weighted by molar-refractivity contribution is 6.32. The van der Waals surface area contributed by atoms with Crippen LogP contribution in [-0.2, 0) is 0 Å². The van der Waals surface area contributed by atoms with Gasteiger partial charge in [0.1, 0.15) is 16.7 Å². The normalized spacial score (nSPS) is 10.0. The molecule has 1 aromatic heterocycles. The summed E-state index contributed by atoms with van der Waals surface area (Å²) in [5.74, 6) is 1.20. The maximum absolute atomic E-state index is 5.93. The summed E-state index contributed by atoms with van der Waals surface area (Å²) in [5, 5.41) is 0.994. The van der Waals surface area contributed by atoms with Crippen LogP contribution in [0.4, 0.5) is 0 Å². The van der Waals surface area contributed by atoms with Crippen molar-refractivity contribution in [2.75, 3.05) is 0 Å². The Morgan fingerprint density at radius 2 is 1.80 bits per heavy atom. The van der Waals surface area contributed by atoms with Gasteiger partial charge in [0, 0.05) is 0 Å². The second kappa shape index (κ2) is 4.51. The number of rotatable bonds is 2. The van der Waals surface area contributed by atoms with Crippen LogP contribution in [0.25, 0.3) is 0 Å². The maximum atomic E-state index is 5.93. The molecule has 2 aromatic rings. The summed E-state index contributed by atoms with van der Waals surface area (Å²) in [5.41, 5.74) is 0. The third kappa shape index (κ3) is 2.61. The van der Waals surface area contributed by atoms with E-state index in [0.29, 0.717) is 21.7 Å². The number of halogens is 2. The van der Waals surface area contributed by atoms with Crippen molar-refractivity contribution in [3.05, 3.63) is 52.8 Å². The molecule has 1 aromatic carbocycles. The molecule has 2 rings (SSSR count). The first-order valence-electron chi connectivity index (χ1n) is 4.29. The highest BCUT2D eigenvalue weighted by atomic mass is 35.5. The molecule has 0 aliphatic rings. The Balaban J connectivity index is 2.22. The lowest BCUT2D eigenvalue weighted by atomic mass is 10.3. The summed E-state index contributed by atoms with van der Waals surface area (Å²) in [6.45, 7) is 0. The van der Waals surface area contributed by atoms with Gasteiger partial charge in [0.05, 0.1) is 11.2 Å². The summed E-state index contributed by atoms with van der Waals surface area (Å²) < 4.78 is 5.51. The van der Waals surface area contributed by atoms with Crippen molar-refractivity contribution in [3.8, 4) is 11.5 Å². The minimum atomic E-state index is 0.432. The van der Waals surface area contributed by atoms with Crippen molar-refractivity contribution in [1.29, 1.82) is 0 Å². The van der Waals surface area contributed by atoms with E-state index in [2.05, 4.69) is 4.98 Å². The fourth-order valence-electron chi connectivity index (χ4n) is 1.08. The number of aromatic nitrogens is 1. The molecule has 0 unspecified atom stereocenters. The highest BCUT2D eigenvalue weighted by Gasteiger charge is 2.01. The number of hydrogen-bond donors (Lipinski definition) is 0. The average Bonchev–Trinajstić information content (AvgIpc) is 2.25. The van der Waals surface area contributed by atoms with E-state index in [1.54, 1.807) is 30.5 Å². The Morgan fingerprint density at radius 1 is 1.00 bits per heavy atom. The zero-order valence-electron chi connectivity index (χ0n) is 7.65. The van der Waals surface area contributed by atoms with Crippen molar-refractivity contribution in [2.45, 2.75) is 0 Å². The van der Waals surface area contributed by atoms with E-state index in [-0.39, 0.29) is 0 Å². The third-order valence-corrected chi connectivity index (χ3v) is 2.30. The molecule has 0 N–H and O–H groups in total. The van der Waals surface area contributed by atoms with Gasteiger partial charge in [0.25, 0.3) is 0 Å². The molecule has 0 saturated carbocycles. The molecule has 2 nitrogen and oxygen atoms in total. The minimum absolute atomic E-state index is 0.432. The van der Waals surface area contributed by atoms with Crippen LogP contribution in [0.3, 0.4) is 0 Å². The Morgan fingerprint density at radius 3 is 2.47 bits per heavy atom. The molecule has 15 heavy (non-hydrogen) atoms. The van der Waals surface area contributed by atoms with E-state index >= 15 is 0 Å². The van der Waals surface area contributed by atoms with Crippen molar-refractivity contribution < 1.29 is 4.74 Å². The second-order valence-electron chi connectivity index (χ2n) is 2.85. The van der Waals surface area contributed by atoms with Gasteiger partial charge in [0.15, 0.2) is 0 Å². The van der Waals surface area contributed by atoms with Gasteiger partial charge in [-0.25, -0.2) is 4.98 Å². The highest BCUT2D eigenvalue weighted by Crippen LogP contribution is 2.28. The van der Waals surface area contributed by atoms with E-state index in [9.17, 15) is 0 Å². The van der Waals surface area contributed by atoms with E-state index in [0.717, 1.165) is 0 Å². The molecule has 0 spiro atoms. The van der Waals surface area contributed by atoms with Gasteiger partial charge in [-0.3, -0.25) is 0 Å². The number of benzene rings is 1. The molecule has 0 saturated heterocycles. The molecule has 0 amide bonds. The molecule has 0 fully saturated rings. The molecule has 0 aliphatic carbocycles. The number of ether oxygens (including phenoxy) is 1. The summed E-state index contributed by atoms with van der Waals surface area (Å²) in [4.78, 5) is 3.90. The standard InChI is InChI=1S/C11H7Cl2NO/c12-9-3-1-2-4-10(9)15-8-5-6-11(13)14-7-8/h1-7H. The smallest absolute Gasteiger partial charge is 0.146 e. The van der Waals surface area contributed by atoms with Gasteiger partial charge in [-0.1, -0.05) is 35.3 Å². The minimum Gasteiger partial charge on any atom is -0.454 e. The monoisotopic (exact) mass is 239 g/mol. The van der Waals surface area contributed by atoms with E-state index in [4.69, 9.17) is 27.9 Å². The molecule has 1 heterocycles. The van der Waals surface area contributed by atoms with E-state index < -0.39 is 0 Å². The Kier molecular flexibility index (Phi) is 3.09. The molecule has 0 atom stereocenters. The van der Waals surface area contributed by atoms with Gasteiger partial charge in [0.2, 0.25) is 0 Å². The van der Waals surface area contributed by atoms with Crippen molar-refractivity contribution >= 4 is 23.2 Å². The predicted molar refractivity (Wildman–Crippen MR) is 60.8 cm³/mol. The van der Waals surface area contributed by atoms with Crippen LogP contribution in [0.5, 0.6) is 11.5 Å². The fraction of sp³-hybridized carbons (Fsp3) is 0. The van der Waals surface area contributed by atoms with Gasteiger partial charge in [-0.15, -0.1) is 0 Å². The first kappa shape index (κ1) is 10.3. The quantitative estimate of drug-likeness (QED) is 0.734. The number of nitrogens with zero attached hydrogens (tertiary/aromatic N) is 1. The first-order chi connectivity index (χ1) is 7.25. The molecule has 0 aliphatic heterocycles. The molecular formula is C11H7Cl2NO. The molecule has 76 valence electrons. The van der Waals surface area contributed by atoms with Crippen LogP contribution < -0.4 is 4.74 Å². The Hall–Kier alpha value is -1.25. The molecule has 0 bridgehead atoms. The molecule has 4 heteroatoms. The van der Waals surface area contributed by atoms with Crippen LogP contribution >= 0.6 is 23.2 Å². The van der Waals surface area contributed by atoms with Crippen molar-refractivity contribution in [3.63, 3.8) is 0 Å². The summed E-state index contributed by atoms with van der Waals surface area (Å²) in [7, 11) is 0. The largest absolute Gasteiger partial charge is 0.454 e. The van der Waals surface area contributed by atoms with Crippen LogP contribution in [0.2, 0.25) is 10.2 Å². The SMILES string of the molecule is Clc1ccc(Oc2ccccc2Cl)cn1. The Bertz CT molecular complexity index is 456. The number of pyridine rings is 1. The lowest BCUT2D eigenvalue weighted by Crippen LogP contribution is -1.85. The predicted octanol–water partition coefficient (Wildman–Crippen LogP) is 4.18. The van der Waals surface area contributed by atoms with Crippen LogP contribution in [-0.4, -0.2) is 4.98 Å². The van der Waals surface area contributed by atoms with Crippen molar-refractivity contribution in [2.24, 2.45) is 0 Å². The topological polar surface area (TPSA) is 22.1 Å². The second-order valence-corrected chi connectivity index (χ2v) is 3.64. The zero-order valence-corrected chi connectivity index (χ0v) is 9.16. The van der Waals surface area contributed by atoms with Gasteiger partial charge < -0.3 is 4.74 Å². The van der Waals surface area contributed by atoms with Gasteiger partial charge >= 0.3 is 0 Å². The first-order valence-corrected chi connectivity index (χ1v) is 5.05. The van der Waals surface area contributed by atoms with Crippen LogP contribution in [0, 0.1) is 0 Å². The van der Waals surface area contributed by atoms with Gasteiger partial charge in [-0.05, 0) is 24.3 Å². The van der Waals surface area contributed by atoms with Gasteiger partial charge in [-0.2, -0.15) is 0 Å². The van der Waals surface area contributed by atoms with Crippen LogP contribution in [0.15, 0.2) is 42.6 Å². The zero-order chi connectivity index (χ0) is 10.7. The number of hydrogen-bond acceptors (Lipinski definition) is 2. The van der Waals surface area contributed by atoms with E-state index in [1.807, 2.05) is 12.1 Å². The fourth-order valence-corrected chi connectivity index (χ4v) is 1.36. The molecular weight excluding hydrogens is 233 g/mol. The van der Waals surface area contributed by atoms with Crippen LogP contribution in [0.1, 0.15) is 0 Å². The summed E-state index contributed by atoms with van der Waals surface area (Å²) in [6, 6.07) is 10.6. The lowest BCUT2D eigenvalue weighted by Gasteiger charge is -2.06. The summed E-state index contributed by atoms with van der Waals surface area (Å²) in [6.07, 6.45) is 1.55. The maximum Gasteiger partial charge on any atom is 0.146 e. The lowest BCUT2D eigenvalue weighted by molar-refractivity contribution is 0.480. The summed E-state index contributed by atoms with van der Waals surface area (Å²) >= 11 is 11.6.